The van der Waals surface area contributed by atoms with Gasteiger partial charge in [-0.3, -0.25) is 19.5 Å². The first kappa shape index (κ1) is 35.9. The molecule has 1 amide bonds. The van der Waals surface area contributed by atoms with Gasteiger partial charge in [0.05, 0.1) is 28.5 Å². The number of hydrogen-bond donors (Lipinski definition) is 4. The van der Waals surface area contributed by atoms with Gasteiger partial charge in [-0.05, 0) is 94.8 Å². The first-order valence-corrected chi connectivity index (χ1v) is 20.2. The van der Waals surface area contributed by atoms with Gasteiger partial charge in [-0.1, -0.05) is 13.3 Å². The molecule has 2 aliphatic heterocycles. The van der Waals surface area contributed by atoms with Gasteiger partial charge in [0.15, 0.2) is 22.3 Å². The van der Waals surface area contributed by atoms with Crippen molar-refractivity contribution in [2.45, 2.75) is 80.9 Å². The summed E-state index contributed by atoms with van der Waals surface area (Å²) in [5.74, 6) is 2.51. The molecule has 0 radical (unpaired) electrons. The van der Waals surface area contributed by atoms with Crippen LogP contribution in [0.25, 0.3) is 11.3 Å². The third-order valence-corrected chi connectivity index (χ3v) is 11.4. The van der Waals surface area contributed by atoms with Crippen molar-refractivity contribution >= 4 is 39.8 Å². The second-order valence-electron chi connectivity index (χ2n) is 14.2. The lowest BCUT2D eigenvalue weighted by Gasteiger charge is -2.23. The molecule has 1 saturated carbocycles. The van der Waals surface area contributed by atoms with Crippen LogP contribution >= 0.6 is 0 Å². The fourth-order valence-corrected chi connectivity index (χ4v) is 8.06. The number of aromatic nitrogens is 8. The van der Waals surface area contributed by atoms with Crippen LogP contribution in [0.3, 0.4) is 0 Å². The van der Waals surface area contributed by atoms with Crippen LogP contribution in [0.5, 0.6) is 0 Å². The van der Waals surface area contributed by atoms with Crippen LogP contribution in [0.2, 0.25) is 0 Å². The highest BCUT2D eigenvalue weighted by atomic mass is 32.2. The van der Waals surface area contributed by atoms with Crippen molar-refractivity contribution in [1.82, 2.24) is 49.8 Å². The van der Waals surface area contributed by atoms with Crippen LogP contribution in [-0.4, -0.2) is 75.5 Å². The summed E-state index contributed by atoms with van der Waals surface area (Å²) in [4.78, 5) is 31.3. The van der Waals surface area contributed by atoms with E-state index in [1.165, 1.54) is 18.4 Å². The van der Waals surface area contributed by atoms with Gasteiger partial charge in [0.1, 0.15) is 11.6 Å². The number of pyridine rings is 2. The Hall–Kier alpha value is -5.12. The van der Waals surface area contributed by atoms with Crippen LogP contribution < -0.4 is 20.7 Å². The minimum absolute atomic E-state index is 0.188. The molecule has 280 valence electrons. The molecule has 54 heavy (non-hydrogen) atoms. The average Bonchev–Trinajstić information content (AvgIpc) is 3.85. The molecule has 2 saturated heterocycles. The van der Waals surface area contributed by atoms with Gasteiger partial charge < -0.3 is 16.0 Å². The van der Waals surface area contributed by atoms with E-state index in [0.29, 0.717) is 39.8 Å². The predicted molar refractivity (Wildman–Crippen MR) is 208 cm³/mol. The maximum atomic E-state index is 12.8. The summed E-state index contributed by atoms with van der Waals surface area (Å²) >= 11 is 0. The molecule has 2 unspecified atom stereocenters. The highest BCUT2D eigenvalue weighted by Crippen LogP contribution is 2.42. The zero-order valence-electron chi connectivity index (χ0n) is 30.4. The van der Waals surface area contributed by atoms with Gasteiger partial charge >= 0.3 is 0 Å². The molecule has 2 atom stereocenters. The molecule has 15 heteroatoms. The van der Waals surface area contributed by atoms with E-state index < -0.39 is 11.0 Å². The molecular formula is C39H46N12O2S. The number of piperidine rings is 2. The Balaban J connectivity index is 0.000000153. The van der Waals surface area contributed by atoms with E-state index in [1.807, 2.05) is 24.5 Å². The van der Waals surface area contributed by atoms with Crippen molar-refractivity contribution in [3.05, 3.63) is 102 Å². The first-order chi connectivity index (χ1) is 26.6. The third kappa shape index (κ3) is 8.03. The fraction of sp³-hybridized carbons (Fsp3) is 0.410. The van der Waals surface area contributed by atoms with E-state index >= 15 is 0 Å². The number of nitrogens with zero attached hydrogens (tertiary/aromatic N) is 8. The Morgan fingerprint density at radius 1 is 0.815 bits per heavy atom. The molecule has 8 heterocycles. The third-order valence-electron chi connectivity index (χ3n) is 10.3. The summed E-state index contributed by atoms with van der Waals surface area (Å²) in [6.07, 6.45) is 19.0. The monoisotopic (exact) mass is 746 g/mol. The van der Waals surface area contributed by atoms with Crippen molar-refractivity contribution < 1.29 is 9.00 Å². The summed E-state index contributed by atoms with van der Waals surface area (Å²) in [6, 6.07) is 11.1. The maximum absolute atomic E-state index is 12.8. The van der Waals surface area contributed by atoms with Crippen molar-refractivity contribution in [3.8, 4) is 0 Å². The maximum Gasteiger partial charge on any atom is 0.258 e. The van der Waals surface area contributed by atoms with Gasteiger partial charge in [-0.2, -0.15) is 19.2 Å². The summed E-state index contributed by atoms with van der Waals surface area (Å²) < 4.78 is 19.4. The smallest absolute Gasteiger partial charge is 0.258 e. The Kier molecular flexibility index (Phi) is 11.0. The van der Waals surface area contributed by atoms with Gasteiger partial charge in [-0.25, -0.2) is 14.2 Å². The molecular weight excluding hydrogens is 701 g/mol. The van der Waals surface area contributed by atoms with Crippen LogP contribution in [0.4, 0.5) is 11.6 Å². The van der Waals surface area contributed by atoms with Gasteiger partial charge in [0, 0.05) is 72.1 Å². The van der Waals surface area contributed by atoms with Crippen LogP contribution in [0.1, 0.15) is 102 Å². The zero-order chi connectivity index (χ0) is 36.9. The Bertz CT molecular complexity index is 2230. The van der Waals surface area contributed by atoms with Crippen LogP contribution in [0, 0.1) is 0 Å². The van der Waals surface area contributed by atoms with Gasteiger partial charge in [0.2, 0.25) is 0 Å². The number of amides is 1. The number of aryl methyl sites for hydroxylation is 1. The highest BCUT2D eigenvalue weighted by Gasteiger charge is 2.29. The Morgan fingerprint density at radius 3 is 2.28 bits per heavy atom. The normalized spacial score (nSPS) is 18.2. The lowest BCUT2D eigenvalue weighted by molar-refractivity contribution is 0.102. The quantitative estimate of drug-likeness (QED) is 0.143. The Labute approximate surface area is 316 Å². The molecule has 3 fully saturated rings. The standard InChI is InChI=1S/C20H22N6O.C19H24N6OS/c27-20(15-4-2-8-22-11-15)25-18-9-17(14-3-1-7-21-10-14)24-19-16(13-5-6-13)12-23-26(18)19;1-2-4-15-12-22-25-18(24-27(26)16-5-3-8-21-13-16)11-17(23-19(15)25)14-6-9-20-10-7-14/h2,4,8-9,11-14,21H,1,3,5-7,10H2,(H,25,27);3,5,8,11-14,20,24H,2,4,6-7,9-10H2,1H3. The van der Waals surface area contributed by atoms with Crippen molar-refractivity contribution in [2.24, 2.45) is 0 Å². The van der Waals surface area contributed by atoms with E-state index in [0.717, 1.165) is 92.9 Å². The van der Waals surface area contributed by atoms with Crippen molar-refractivity contribution in [1.29, 1.82) is 0 Å². The minimum Gasteiger partial charge on any atom is -0.317 e. The molecule has 14 nitrogen and oxygen atoms in total. The lowest BCUT2D eigenvalue weighted by atomic mass is 9.94. The van der Waals surface area contributed by atoms with Crippen LogP contribution in [0.15, 0.2) is 78.5 Å². The number of carbonyl (C=O) groups is 1. The number of nitrogens with one attached hydrogen (secondary N) is 4. The molecule has 0 bridgehead atoms. The van der Waals surface area contributed by atoms with E-state index in [2.05, 4.69) is 47.8 Å². The molecule has 4 N–H and O–H groups in total. The van der Waals surface area contributed by atoms with E-state index in [9.17, 15) is 9.00 Å². The molecule has 0 aromatic carbocycles. The van der Waals surface area contributed by atoms with E-state index in [-0.39, 0.29) is 5.91 Å². The highest BCUT2D eigenvalue weighted by molar-refractivity contribution is 7.86. The largest absolute Gasteiger partial charge is 0.317 e. The zero-order valence-corrected chi connectivity index (χ0v) is 31.3. The summed E-state index contributed by atoms with van der Waals surface area (Å²) in [5, 5.41) is 18.9. The van der Waals surface area contributed by atoms with Crippen molar-refractivity contribution in [3.63, 3.8) is 0 Å². The van der Waals surface area contributed by atoms with Gasteiger partial charge in [-0.15, -0.1) is 0 Å². The second kappa shape index (κ2) is 16.5. The molecule has 9 rings (SSSR count). The topological polar surface area (TPSA) is 168 Å². The molecule has 0 spiro atoms. The minimum atomic E-state index is -1.41. The molecule has 6 aromatic rings. The number of anilines is 2. The average molecular weight is 747 g/mol. The van der Waals surface area contributed by atoms with E-state index in [1.54, 1.807) is 58.1 Å². The lowest BCUT2D eigenvalue weighted by Crippen LogP contribution is -2.29. The summed E-state index contributed by atoms with van der Waals surface area (Å²) in [6.45, 7) is 6.14. The molecule has 1 aliphatic carbocycles. The summed E-state index contributed by atoms with van der Waals surface area (Å²) in [7, 11) is -1.41. The fourth-order valence-electron chi connectivity index (χ4n) is 7.25. The summed E-state index contributed by atoms with van der Waals surface area (Å²) in [5.41, 5.74) is 6.66. The molecule has 6 aromatic heterocycles. The van der Waals surface area contributed by atoms with Crippen molar-refractivity contribution in [2.75, 3.05) is 36.2 Å². The predicted octanol–water partition coefficient (Wildman–Crippen LogP) is 5.40. The Morgan fingerprint density at radius 2 is 1.56 bits per heavy atom. The van der Waals surface area contributed by atoms with Crippen LogP contribution in [-0.2, 0) is 17.4 Å². The van der Waals surface area contributed by atoms with Gasteiger partial charge in [0.25, 0.3) is 5.91 Å². The number of rotatable bonds is 10. The first-order valence-electron chi connectivity index (χ1n) is 19.0. The number of hydrogen-bond acceptors (Lipinski definition) is 10. The molecule has 3 aliphatic rings. The van der Waals surface area contributed by atoms with E-state index in [4.69, 9.17) is 9.97 Å². The number of carbonyl (C=O) groups excluding carboxylic acids is 1. The SMILES string of the molecule is CCCc1cnn2c(NS(=O)c3cccnc3)cc(C3CCNCC3)nc12.O=C(Nc1cc(C2CCCNC2)nc2c(C3CC3)cnn12)c1cccnc1. The number of fused-ring (bicyclic) bond motifs is 2. The second-order valence-corrected chi connectivity index (χ2v) is 15.4.